The minimum absolute atomic E-state index is 0.337. The molecular formula is C17H30O6. The summed E-state index contributed by atoms with van der Waals surface area (Å²) in [7, 11) is 0. The van der Waals surface area contributed by atoms with Crippen LogP contribution >= 0.6 is 0 Å². The van der Waals surface area contributed by atoms with Crippen molar-refractivity contribution in [3.8, 4) is 0 Å². The molecule has 2 N–H and O–H groups in total. The van der Waals surface area contributed by atoms with Gasteiger partial charge in [0.2, 0.25) is 0 Å². The molecule has 0 aromatic rings. The molecule has 6 heteroatoms. The standard InChI is InChI=1S/C17H30O6/c1-7-16(8-2)22-13-11(18)12-10(20-15(5,6)21-12)9-17(13,23-16)14(3,4)19/h10-13,18-19H,7-9H2,1-6H3/t10-,11-,12-,13+,17+/m1/s1. The Morgan fingerprint density at radius 2 is 1.70 bits per heavy atom. The number of fused-ring (bicyclic) bond motifs is 2. The number of aliphatic hydroxyl groups is 2. The average molecular weight is 330 g/mol. The quantitative estimate of drug-likeness (QED) is 0.820. The summed E-state index contributed by atoms with van der Waals surface area (Å²) in [4.78, 5) is 0. The third-order valence-corrected chi connectivity index (χ3v) is 5.66. The van der Waals surface area contributed by atoms with E-state index in [1.807, 2.05) is 27.7 Å². The Hall–Kier alpha value is -0.240. The van der Waals surface area contributed by atoms with Gasteiger partial charge in [-0.25, -0.2) is 0 Å². The van der Waals surface area contributed by atoms with Gasteiger partial charge in [-0.15, -0.1) is 0 Å². The van der Waals surface area contributed by atoms with Gasteiger partial charge in [0.05, 0.1) is 11.7 Å². The Bertz CT molecular complexity index is 466. The Kier molecular flexibility index (Phi) is 3.92. The van der Waals surface area contributed by atoms with Crippen LogP contribution in [-0.2, 0) is 18.9 Å². The molecule has 3 aliphatic rings. The number of aliphatic hydroxyl groups excluding tert-OH is 1. The fraction of sp³-hybridized carbons (Fsp3) is 1.00. The maximum absolute atomic E-state index is 10.9. The molecule has 0 unspecified atom stereocenters. The van der Waals surface area contributed by atoms with E-state index in [-0.39, 0.29) is 6.10 Å². The maximum atomic E-state index is 10.9. The molecular weight excluding hydrogens is 300 g/mol. The SMILES string of the molecule is CCC1(CC)O[C@H]2[C@H](O)[C@@H]3OC(C)(C)O[C@@H]3C[C@]2(C(C)(C)O)O1. The van der Waals surface area contributed by atoms with Crippen molar-refractivity contribution in [2.45, 2.75) is 108 Å². The fourth-order valence-corrected chi connectivity index (χ4v) is 4.31. The van der Waals surface area contributed by atoms with Crippen molar-refractivity contribution < 1.29 is 29.2 Å². The molecule has 0 amide bonds. The molecule has 3 rings (SSSR count). The lowest BCUT2D eigenvalue weighted by Crippen LogP contribution is -2.68. The fourth-order valence-electron chi connectivity index (χ4n) is 4.31. The van der Waals surface area contributed by atoms with E-state index < -0.39 is 41.1 Å². The molecule has 23 heavy (non-hydrogen) atoms. The number of hydrogen-bond acceptors (Lipinski definition) is 6. The Morgan fingerprint density at radius 3 is 2.22 bits per heavy atom. The van der Waals surface area contributed by atoms with E-state index in [0.717, 1.165) is 0 Å². The first kappa shape index (κ1) is 17.6. The van der Waals surface area contributed by atoms with Gasteiger partial charge in [0.15, 0.2) is 11.6 Å². The van der Waals surface area contributed by atoms with Crippen molar-refractivity contribution >= 4 is 0 Å². The highest BCUT2D eigenvalue weighted by atomic mass is 16.8. The van der Waals surface area contributed by atoms with E-state index in [4.69, 9.17) is 18.9 Å². The van der Waals surface area contributed by atoms with E-state index in [0.29, 0.717) is 19.3 Å². The lowest BCUT2D eigenvalue weighted by Gasteiger charge is -2.49. The normalized spacial score (nSPS) is 44.9. The maximum Gasteiger partial charge on any atom is 0.169 e. The first-order chi connectivity index (χ1) is 10.5. The summed E-state index contributed by atoms with van der Waals surface area (Å²) < 4.78 is 24.4. The topological polar surface area (TPSA) is 77.4 Å². The van der Waals surface area contributed by atoms with Gasteiger partial charge in [-0.2, -0.15) is 0 Å². The molecule has 2 aliphatic heterocycles. The highest BCUT2D eigenvalue weighted by molar-refractivity contribution is 5.17. The molecule has 2 saturated heterocycles. The molecule has 2 heterocycles. The smallest absolute Gasteiger partial charge is 0.169 e. The summed E-state index contributed by atoms with van der Waals surface area (Å²) in [5.41, 5.74) is -2.21. The summed E-state index contributed by atoms with van der Waals surface area (Å²) >= 11 is 0. The molecule has 134 valence electrons. The van der Waals surface area contributed by atoms with E-state index >= 15 is 0 Å². The van der Waals surface area contributed by atoms with Crippen molar-refractivity contribution in [3.05, 3.63) is 0 Å². The second-order valence-electron chi connectivity index (χ2n) is 8.04. The van der Waals surface area contributed by atoms with Gasteiger partial charge < -0.3 is 29.2 Å². The Balaban J connectivity index is 2.01. The molecule has 6 nitrogen and oxygen atoms in total. The van der Waals surface area contributed by atoms with Gasteiger partial charge in [0, 0.05) is 6.42 Å². The van der Waals surface area contributed by atoms with Crippen LogP contribution in [0.2, 0.25) is 0 Å². The molecule has 0 spiro atoms. The lowest BCUT2D eigenvalue weighted by atomic mass is 9.69. The number of hydrogen-bond donors (Lipinski definition) is 2. The second kappa shape index (κ2) is 5.13. The number of ether oxygens (including phenoxy) is 4. The van der Waals surface area contributed by atoms with Crippen molar-refractivity contribution in [1.29, 1.82) is 0 Å². The van der Waals surface area contributed by atoms with Crippen molar-refractivity contribution in [2.24, 2.45) is 0 Å². The molecule has 0 radical (unpaired) electrons. The van der Waals surface area contributed by atoms with Crippen LogP contribution in [0, 0.1) is 0 Å². The molecule has 0 aromatic heterocycles. The molecule has 1 aliphatic carbocycles. The third kappa shape index (κ3) is 2.46. The zero-order valence-electron chi connectivity index (χ0n) is 15.0. The average Bonchev–Trinajstić information content (AvgIpc) is 2.94. The van der Waals surface area contributed by atoms with Crippen LogP contribution < -0.4 is 0 Å². The highest BCUT2D eigenvalue weighted by Gasteiger charge is 2.70. The highest BCUT2D eigenvalue weighted by Crippen LogP contribution is 2.55. The molecule has 0 aromatic carbocycles. The van der Waals surface area contributed by atoms with Crippen molar-refractivity contribution in [1.82, 2.24) is 0 Å². The van der Waals surface area contributed by atoms with Crippen LogP contribution in [0.4, 0.5) is 0 Å². The largest absolute Gasteiger partial charge is 0.387 e. The molecule has 1 saturated carbocycles. The van der Waals surface area contributed by atoms with Crippen LogP contribution in [0.15, 0.2) is 0 Å². The van der Waals surface area contributed by atoms with Crippen molar-refractivity contribution in [3.63, 3.8) is 0 Å². The summed E-state index contributed by atoms with van der Waals surface area (Å²) in [6.07, 6.45) is -0.661. The van der Waals surface area contributed by atoms with Crippen LogP contribution in [0.1, 0.15) is 60.8 Å². The van der Waals surface area contributed by atoms with Gasteiger partial charge in [-0.3, -0.25) is 0 Å². The molecule has 3 fully saturated rings. The number of rotatable bonds is 3. The summed E-state index contributed by atoms with van der Waals surface area (Å²) in [5, 5.41) is 21.8. The Labute approximate surface area is 138 Å². The van der Waals surface area contributed by atoms with E-state index in [9.17, 15) is 10.2 Å². The van der Waals surface area contributed by atoms with Gasteiger partial charge in [0.1, 0.15) is 23.9 Å². The van der Waals surface area contributed by atoms with Gasteiger partial charge in [-0.05, 0) is 40.5 Å². The van der Waals surface area contributed by atoms with E-state index in [2.05, 4.69) is 0 Å². The minimum Gasteiger partial charge on any atom is -0.387 e. The second-order valence-corrected chi connectivity index (χ2v) is 8.04. The van der Waals surface area contributed by atoms with Crippen LogP contribution in [0.5, 0.6) is 0 Å². The molecule has 0 bridgehead atoms. The predicted octanol–water partition coefficient (Wildman–Crippen LogP) is 1.71. The molecule has 5 atom stereocenters. The van der Waals surface area contributed by atoms with E-state index in [1.54, 1.807) is 13.8 Å². The first-order valence-corrected chi connectivity index (χ1v) is 8.63. The monoisotopic (exact) mass is 330 g/mol. The van der Waals surface area contributed by atoms with Gasteiger partial charge in [-0.1, -0.05) is 13.8 Å². The van der Waals surface area contributed by atoms with Crippen molar-refractivity contribution in [2.75, 3.05) is 0 Å². The zero-order chi connectivity index (χ0) is 17.3. The summed E-state index contributed by atoms with van der Waals surface area (Å²) in [5.74, 6) is -1.55. The van der Waals surface area contributed by atoms with Gasteiger partial charge >= 0.3 is 0 Å². The predicted molar refractivity (Wildman–Crippen MR) is 82.7 cm³/mol. The zero-order valence-corrected chi connectivity index (χ0v) is 15.0. The first-order valence-electron chi connectivity index (χ1n) is 8.63. The third-order valence-electron chi connectivity index (χ3n) is 5.66. The lowest BCUT2D eigenvalue weighted by molar-refractivity contribution is -0.238. The van der Waals surface area contributed by atoms with Crippen LogP contribution in [-0.4, -0.2) is 57.4 Å². The van der Waals surface area contributed by atoms with E-state index in [1.165, 1.54) is 0 Å². The van der Waals surface area contributed by atoms with Gasteiger partial charge in [0.25, 0.3) is 0 Å². The summed E-state index contributed by atoms with van der Waals surface area (Å²) in [6, 6.07) is 0. The summed E-state index contributed by atoms with van der Waals surface area (Å²) in [6.45, 7) is 11.0. The Morgan fingerprint density at radius 1 is 1.09 bits per heavy atom. The van der Waals surface area contributed by atoms with Crippen LogP contribution in [0.3, 0.4) is 0 Å². The van der Waals surface area contributed by atoms with Crippen LogP contribution in [0.25, 0.3) is 0 Å². The minimum atomic E-state index is -1.19.